The Morgan fingerprint density at radius 2 is 1.89 bits per heavy atom. The smallest absolute Gasteiger partial charge is 0.249 e. The highest BCUT2D eigenvalue weighted by Crippen LogP contribution is 2.43. The van der Waals surface area contributed by atoms with Gasteiger partial charge in [0.1, 0.15) is 24.9 Å². The average Bonchev–Trinajstić information content (AvgIpc) is 3.60. The molecule has 4 fully saturated rings. The number of carbonyl (C=O) groups excluding carboxylic acids is 3. The Bertz CT molecular complexity index is 999. The summed E-state index contributed by atoms with van der Waals surface area (Å²) < 4.78 is 11.6. The Labute approximate surface area is 213 Å². The molecule has 1 aliphatic carbocycles. The number of ether oxygens (including phenoxy) is 2. The van der Waals surface area contributed by atoms with E-state index in [1.807, 2.05) is 19.1 Å². The van der Waals surface area contributed by atoms with E-state index >= 15 is 0 Å². The minimum atomic E-state index is -0.618. The molecule has 0 aromatic heterocycles. The van der Waals surface area contributed by atoms with E-state index in [1.165, 1.54) is 5.56 Å². The molecule has 5 rings (SSSR count). The van der Waals surface area contributed by atoms with Gasteiger partial charge in [-0.2, -0.15) is 0 Å². The molecule has 1 saturated carbocycles. The number of hydrogen-bond donors (Lipinski definition) is 1. The minimum absolute atomic E-state index is 0.00886. The SMILES string of the molecule is CCO[C@H]1CN(C(=O)[C@H](c2cc(C3CCN(C)CC3)ccc2C(N)=O)C2CCCC2)[C@@H]2C(=O)CO[C@H]12. The van der Waals surface area contributed by atoms with E-state index in [-0.39, 0.29) is 30.3 Å². The van der Waals surface area contributed by atoms with E-state index in [1.54, 1.807) is 4.90 Å². The van der Waals surface area contributed by atoms with E-state index in [2.05, 4.69) is 18.0 Å². The van der Waals surface area contributed by atoms with Crippen molar-refractivity contribution in [3.05, 3.63) is 34.9 Å². The summed E-state index contributed by atoms with van der Waals surface area (Å²) in [4.78, 5) is 43.8. The number of primary amides is 1. The highest BCUT2D eigenvalue weighted by molar-refractivity contribution is 5.99. The third-order valence-electron chi connectivity index (χ3n) is 8.81. The van der Waals surface area contributed by atoms with Gasteiger partial charge in [0.25, 0.3) is 0 Å². The molecule has 3 saturated heterocycles. The first-order valence-corrected chi connectivity index (χ1v) is 13.6. The normalized spacial score (nSPS) is 28.6. The number of fused-ring (bicyclic) bond motifs is 1. The Balaban J connectivity index is 1.53. The van der Waals surface area contributed by atoms with Gasteiger partial charge in [0.15, 0.2) is 5.78 Å². The van der Waals surface area contributed by atoms with Gasteiger partial charge in [-0.3, -0.25) is 14.4 Å². The largest absolute Gasteiger partial charge is 0.374 e. The van der Waals surface area contributed by atoms with Crippen LogP contribution in [0.5, 0.6) is 0 Å². The molecule has 8 nitrogen and oxygen atoms in total. The standard InChI is InChI=1S/C28H39N3O5/c1-3-35-23-15-31(25-22(32)16-36-26(23)25)28(34)24(18-6-4-5-7-18)21-14-19(8-9-20(21)27(29)33)17-10-12-30(2)13-11-17/h8-9,14,17-18,23-26H,3-7,10-13,15-16H2,1-2H3,(H2,29,33)/t23-,24-,25+,26+/m0/s1. The van der Waals surface area contributed by atoms with Crippen LogP contribution in [0.25, 0.3) is 0 Å². The fourth-order valence-electron chi connectivity index (χ4n) is 6.92. The molecule has 0 unspecified atom stereocenters. The van der Waals surface area contributed by atoms with E-state index < -0.39 is 24.0 Å². The summed E-state index contributed by atoms with van der Waals surface area (Å²) in [5.74, 6) is -0.676. The van der Waals surface area contributed by atoms with Crippen LogP contribution >= 0.6 is 0 Å². The zero-order valence-corrected chi connectivity index (χ0v) is 21.5. The van der Waals surface area contributed by atoms with Gasteiger partial charge in [-0.25, -0.2) is 0 Å². The lowest BCUT2D eigenvalue weighted by Gasteiger charge is -2.33. The predicted molar refractivity (Wildman–Crippen MR) is 135 cm³/mol. The third-order valence-corrected chi connectivity index (χ3v) is 8.81. The van der Waals surface area contributed by atoms with Crippen molar-refractivity contribution in [2.24, 2.45) is 11.7 Å². The van der Waals surface area contributed by atoms with Gasteiger partial charge in [0.2, 0.25) is 11.8 Å². The molecule has 0 bridgehead atoms. The summed E-state index contributed by atoms with van der Waals surface area (Å²) in [6.07, 6.45) is 5.32. The van der Waals surface area contributed by atoms with Crippen molar-refractivity contribution < 1.29 is 23.9 Å². The van der Waals surface area contributed by atoms with E-state index in [0.29, 0.717) is 24.6 Å². The van der Waals surface area contributed by atoms with Crippen molar-refractivity contribution in [3.63, 3.8) is 0 Å². The van der Waals surface area contributed by atoms with Crippen molar-refractivity contribution in [1.82, 2.24) is 9.80 Å². The third kappa shape index (κ3) is 4.71. The molecule has 4 atom stereocenters. The Kier molecular flexibility index (Phi) is 7.47. The molecule has 1 aromatic carbocycles. The highest BCUT2D eigenvalue weighted by atomic mass is 16.6. The second-order valence-corrected chi connectivity index (χ2v) is 11.0. The zero-order valence-electron chi connectivity index (χ0n) is 21.5. The molecule has 2 amide bonds. The highest BCUT2D eigenvalue weighted by Gasteiger charge is 2.54. The second kappa shape index (κ2) is 10.6. The first-order chi connectivity index (χ1) is 17.4. The van der Waals surface area contributed by atoms with Crippen molar-refractivity contribution in [3.8, 4) is 0 Å². The first-order valence-electron chi connectivity index (χ1n) is 13.6. The van der Waals surface area contributed by atoms with Crippen LogP contribution in [0.3, 0.4) is 0 Å². The van der Waals surface area contributed by atoms with Gasteiger partial charge < -0.3 is 25.0 Å². The van der Waals surface area contributed by atoms with Gasteiger partial charge in [0.05, 0.1) is 12.5 Å². The van der Waals surface area contributed by atoms with Crippen molar-refractivity contribution in [1.29, 1.82) is 0 Å². The Hall–Kier alpha value is -2.29. The first kappa shape index (κ1) is 25.4. The fourth-order valence-corrected chi connectivity index (χ4v) is 6.92. The molecule has 0 spiro atoms. The van der Waals surface area contributed by atoms with Crippen LogP contribution in [0.4, 0.5) is 0 Å². The number of Topliss-reactive ketones (excluding diaryl/α,β-unsaturated/α-hetero) is 1. The summed E-state index contributed by atoms with van der Waals surface area (Å²) >= 11 is 0. The molecule has 2 N–H and O–H groups in total. The second-order valence-electron chi connectivity index (χ2n) is 11.0. The number of rotatable bonds is 7. The monoisotopic (exact) mass is 497 g/mol. The van der Waals surface area contributed by atoms with Gasteiger partial charge in [-0.1, -0.05) is 25.0 Å². The Morgan fingerprint density at radius 1 is 1.17 bits per heavy atom. The molecular weight excluding hydrogens is 458 g/mol. The Morgan fingerprint density at radius 3 is 2.56 bits per heavy atom. The lowest BCUT2D eigenvalue weighted by molar-refractivity contribution is -0.139. The van der Waals surface area contributed by atoms with Crippen molar-refractivity contribution in [2.45, 2.75) is 75.5 Å². The van der Waals surface area contributed by atoms with Crippen molar-refractivity contribution >= 4 is 17.6 Å². The number of hydrogen-bond acceptors (Lipinski definition) is 6. The lowest BCUT2D eigenvalue weighted by atomic mass is 9.78. The molecule has 8 heteroatoms. The van der Waals surface area contributed by atoms with Crippen molar-refractivity contribution in [2.75, 3.05) is 39.9 Å². The number of nitrogens with two attached hydrogens (primary N) is 1. The molecule has 0 radical (unpaired) electrons. The van der Waals surface area contributed by atoms with Crippen LogP contribution in [-0.4, -0.2) is 85.5 Å². The molecule has 3 heterocycles. The fraction of sp³-hybridized carbons (Fsp3) is 0.679. The number of piperidine rings is 1. The quantitative estimate of drug-likeness (QED) is 0.621. The van der Waals surface area contributed by atoms with Crippen LogP contribution in [0.15, 0.2) is 18.2 Å². The van der Waals surface area contributed by atoms with Crippen LogP contribution < -0.4 is 5.73 Å². The number of likely N-dealkylation sites (tertiary alicyclic amines) is 2. The van der Waals surface area contributed by atoms with Gasteiger partial charge in [-0.15, -0.1) is 0 Å². The van der Waals surface area contributed by atoms with Gasteiger partial charge in [-0.05, 0) is 81.8 Å². The summed E-state index contributed by atoms with van der Waals surface area (Å²) in [7, 11) is 2.14. The van der Waals surface area contributed by atoms with E-state index in [0.717, 1.165) is 57.2 Å². The number of benzene rings is 1. The topological polar surface area (TPSA) is 102 Å². The number of nitrogens with zero attached hydrogens (tertiary/aromatic N) is 2. The number of ketones is 1. The number of carbonyl (C=O) groups is 3. The van der Waals surface area contributed by atoms with E-state index in [4.69, 9.17) is 15.2 Å². The van der Waals surface area contributed by atoms with Gasteiger partial charge >= 0.3 is 0 Å². The van der Waals surface area contributed by atoms with E-state index in [9.17, 15) is 14.4 Å². The zero-order chi connectivity index (χ0) is 25.4. The molecule has 1 aromatic rings. The average molecular weight is 498 g/mol. The van der Waals surface area contributed by atoms with Gasteiger partial charge in [0, 0.05) is 12.2 Å². The summed E-state index contributed by atoms with van der Waals surface area (Å²) in [6.45, 7) is 4.79. The maximum Gasteiger partial charge on any atom is 0.249 e. The summed E-state index contributed by atoms with van der Waals surface area (Å²) in [5, 5.41) is 0. The molecule has 3 aliphatic heterocycles. The predicted octanol–water partition coefficient (Wildman–Crippen LogP) is 2.45. The number of amides is 2. The van der Waals surface area contributed by atoms with Crippen LogP contribution in [-0.2, 0) is 19.1 Å². The molecular formula is C28H39N3O5. The minimum Gasteiger partial charge on any atom is -0.374 e. The molecule has 36 heavy (non-hydrogen) atoms. The lowest BCUT2D eigenvalue weighted by Crippen LogP contribution is -2.45. The summed E-state index contributed by atoms with van der Waals surface area (Å²) in [6, 6.07) is 5.30. The maximum atomic E-state index is 14.4. The van der Waals surface area contributed by atoms with Crippen LogP contribution in [0.1, 0.15) is 78.8 Å². The summed E-state index contributed by atoms with van der Waals surface area (Å²) in [5.41, 5.74) is 8.18. The maximum absolute atomic E-state index is 14.4. The molecule has 196 valence electrons. The van der Waals surface area contributed by atoms with Crippen LogP contribution in [0, 0.1) is 5.92 Å². The van der Waals surface area contributed by atoms with Crippen LogP contribution in [0.2, 0.25) is 0 Å². The molecule has 4 aliphatic rings.